The molecule has 0 aliphatic rings. The van der Waals surface area contributed by atoms with Crippen LogP contribution in [0.5, 0.6) is 0 Å². The van der Waals surface area contributed by atoms with E-state index in [9.17, 15) is 19.8 Å². The van der Waals surface area contributed by atoms with Crippen molar-refractivity contribution in [1.29, 1.82) is 0 Å². The second kappa shape index (κ2) is 43.2. The number of hydrogen-bond donors (Lipinski definition) is 3. The van der Waals surface area contributed by atoms with E-state index in [0.717, 1.165) is 64.2 Å². The summed E-state index contributed by atoms with van der Waals surface area (Å²) in [5, 5.41) is 23.6. The van der Waals surface area contributed by atoms with Gasteiger partial charge in [0, 0.05) is 6.42 Å². The van der Waals surface area contributed by atoms with Gasteiger partial charge in [-0.05, 0) is 57.4 Å². The lowest BCUT2D eigenvalue weighted by atomic mass is 10.0. The number of hydrogen-bond acceptors (Lipinski definition) is 5. The van der Waals surface area contributed by atoms with Crippen LogP contribution < -0.4 is 5.32 Å². The van der Waals surface area contributed by atoms with Gasteiger partial charge in [0.05, 0.1) is 25.2 Å². The van der Waals surface area contributed by atoms with Crippen LogP contribution in [0.1, 0.15) is 239 Å². The minimum Gasteiger partial charge on any atom is -0.458 e. The van der Waals surface area contributed by atoms with Crippen LogP contribution in [-0.2, 0) is 14.3 Å². The molecule has 322 valence electrons. The molecule has 3 atom stereocenters. The Kier molecular flexibility index (Phi) is 41.7. The summed E-state index contributed by atoms with van der Waals surface area (Å²) in [5.41, 5.74) is 0. The molecule has 0 aromatic heterocycles. The van der Waals surface area contributed by atoms with E-state index in [1.165, 1.54) is 135 Å². The lowest BCUT2D eigenvalue weighted by molar-refractivity contribution is -0.148. The number of rotatable bonds is 42. The predicted octanol–water partition coefficient (Wildman–Crippen LogP) is 13.7. The van der Waals surface area contributed by atoms with Crippen molar-refractivity contribution in [2.45, 2.75) is 257 Å². The summed E-state index contributed by atoms with van der Waals surface area (Å²) in [7, 11) is 0. The van der Waals surface area contributed by atoms with Gasteiger partial charge in [0.15, 0.2) is 0 Å². The Bertz CT molecular complexity index is 915. The van der Waals surface area contributed by atoms with Crippen molar-refractivity contribution in [2.24, 2.45) is 0 Å². The first-order valence-corrected chi connectivity index (χ1v) is 23.7. The maximum absolute atomic E-state index is 13.1. The molecule has 0 radical (unpaired) electrons. The SMILES string of the molecule is CCC/C=C\CCCCCCCC(=O)OC(/C=C/C/C=C\CCCCCCCC)CC(=O)NC(CO)C(O)CCCCCCCCCCCCCCCCC. The number of amides is 1. The quantitative estimate of drug-likeness (QED) is 0.0326. The molecule has 3 N–H and O–H groups in total. The van der Waals surface area contributed by atoms with Gasteiger partial charge in [-0.3, -0.25) is 9.59 Å². The van der Waals surface area contributed by atoms with Gasteiger partial charge in [-0.2, -0.15) is 0 Å². The molecule has 0 aromatic rings. The third-order valence-corrected chi connectivity index (χ3v) is 10.7. The summed E-state index contributed by atoms with van der Waals surface area (Å²) in [6, 6.07) is -0.730. The highest BCUT2D eigenvalue weighted by Crippen LogP contribution is 2.16. The number of carbonyl (C=O) groups is 2. The van der Waals surface area contributed by atoms with E-state index in [0.29, 0.717) is 12.8 Å². The molecule has 0 spiro atoms. The van der Waals surface area contributed by atoms with Gasteiger partial charge in [-0.1, -0.05) is 205 Å². The van der Waals surface area contributed by atoms with Crippen LogP contribution in [0.3, 0.4) is 0 Å². The van der Waals surface area contributed by atoms with Crippen molar-refractivity contribution < 1.29 is 24.5 Å². The monoisotopic (exact) mass is 774 g/mol. The zero-order chi connectivity index (χ0) is 40.3. The summed E-state index contributed by atoms with van der Waals surface area (Å²) in [6.07, 6.45) is 49.5. The number of unbranched alkanes of at least 4 members (excludes halogenated alkanes) is 26. The largest absolute Gasteiger partial charge is 0.458 e. The van der Waals surface area contributed by atoms with Gasteiger partial charge >= 0.3 is 5.97 Å². The minimum atomic E-state index is -0.809. The van der Waals surface area contributed by atoms with E-state index in [2.05, 4.69) is 50.4 Å². The molecule has 0 heterocycles. The second-order valence-electron chi connectivity index (χ2n) is 16.2. The maximum atomic E-state index is 13.1. The third kappa shape index (κ3) is 38.7. The number of allylic oxidation sites excluding steroid dienone is 5. The molecular weight excluding hydrogens is 683 g/mol. The first-order valence-electron chi connectivity index (χ1n) is 23.7. The van der Waals surface area contributed by atoms with Crippen LogP contribution in [0.15, 0.2) is 36.5 Å². The molecule has 0 aliphatic heterocycles. The van der Waals surface area contributed by atoms with Crippen molar-refractivity contribution in [1.82, 2.24) is 5.32 Å². The van der Waals surface area contributed by atoms with Crippen LogP contribution in [0.4, 0.5) is 0 Å². The molecule has 3 unspecified atom stereocenters. The predicted molar refractivity (Wildman–Crippen MR) is 236 cm³/mol. The van der Waals surface area contributed by atoms with Crippen molar-refractivity contribution in [3.8, 4) is 0 Å². The van der Waals surface area contributed by atoms with Crippen LogP contribution in [-0.4, -0.2) is 46.9 Å². The summed E-state index contributed by atoms with van der Waals surface area (Å²) in [4.78, 5) is 25.9. The second-order valence-corrected chi connectivity index (χ2v) is 16.2. The highest BCUT2D eigenvalue weighted by molar-refractivity contribution is 5.78. The number of nitrogens with one attached hydrogen (secondary N) is 1. The first kappa shape index (κ1) is 53.1. The van der Waals surface area contributed by atoms with Gasteiger partial charge in [0.25, 0.3) is 0 Å². The van der Waals surface area contributed by atoms with Gasteiger partial charge in [0.1, 0.15) is 6.10 Å². The Labute approximate surface area is 341 Å². The highest BCUT2D eigenvalue weighted by Gasteiger charge is 2.23. The van der Waals surface area contributed by atoms with E-state index in [1.54, 1.807) is 0 Å². The average Bonchev–Trinajstić information content (AvgIpc) is 3.18. The molecule has 0 saturated carbocycles. The normalized spacial score (nSPS) is 13.6. The molecule has 1 amide bonds. The van der Waals surface area contributed by atoms with E-state index < -0.39 is 18.2 Å². The molecular formula is C49H91NO5. The summed E-state index contributed by atoms with van der Waals surface area (Å²) < 4.78 is 5.79. The van der Waals surface area contributed by atoms with Crippen molar-refractivity contribution in [3.63, 3.8) is 0 Å². The first-order chi connectivity index (χ1) is 27.0. The molecule has 0 bridgehead atoms. The summed E-state index contributed by atoms with van der Waals surface area (Å²) in [6.45, 7) is 6.38. The topological polar surface area (TPSA) is 95.9 Å². The molecule has 0 rings (SSSR count). The number of ether oxygens (including phenoxy) is 1. The maximum Gasteiger partial charge on any atom is 0.306 e. The fraction of sp³-hybridized carbons (Fsp3) is 0.837. The summed E-state index contributed by atoms with van der Waals surface area (Å²) >= 11 is 0. The number of aliphatic hydroxyl groups excluding tert-OH is 2. The molecule has 0 aliphatic carbocycles. The van der Waals surface area contributed by atoms with E-state index >= 15 is 0 Å². The Hall–Kier alpha value is -1.92. The summed E-state index contributed by atoms with van der Waals surface area (Å²) in [5.74, 6) is -0.612. The van der Waals surface area contributed by atoms with Gasteiger partial charge in [-0.25, -0.2) is 0 Å². The molecule has 55 heavy (non-hydrogen) atoms. The van der Waals surface area contributed by atoms with Crippen LogP contribution in [0.2, 0.25) is 0 Å². The van der Waals surface area contributed by atoms with Crippen LogP contribution in [0.25, 0.3) is 0 Å². The molecule has 0 aromatic carbocycles. The molecule has 6 nitrogen and oxygen atoms in total. The van der Waals surface area contributed by atoms with Crippen LogP contribution in [0, 0.1) is 0 Å². The fourth-order valence-electron chi connectivity index (χ4n) is 7.04. The Morgan fingerprint density at radius 1 is 0.545 bits per heavy atom. The zero-order valence-corrected chi connectivity index (χ0v) is 36.6. The standard InChI is InChI=1S/C49H91NO5/c1-4-7-10-13-16-19-22-23-24-25-27-29-32-35-38-41-47(52)46(44-51)50-48(53)43-45(40-37-34-31-28-26-20-17-14-11-8-5-2)55-49(54)42-39-36-33-30-21-18-15-12-9-6-3/h12,15,28,31,37,40,45-47,51-52H,4-11,13-14,16-27,29-30,32-36,38-39,41-44H2,1-3H3,(H,50,53)/b15-12-,31-28-,40-37+. The Morgan fingerprint density at radius 3 is 1.51 bits per heavy atom. The third-order valence-electron chi connectivity index (χ3n) is 10.7. The molecule has 0 saturated heterocycles. The molecule has 6 heteroatoms. The fourth-order valence-corrected chi connectivity index (χ4v) is 7.04. The van der Waals surface area contributed by atoms with Crippen molar-refractivity contribution in [3.05, 3.63) is 36.5 Å². The van der Waals surface area contributed by atoms with Gasteiger partial charge < -0.3 is 20.3 Å². The Morgan fingerprint density at radius 2 is 1.00 bits per heavy atom. The van der Waals surface area contributed by atoms with E-state index in [-0.39, 0.29) is 24.9 Å². The molecule has 0 fully saturated rings. The number of esters is 1. The minimum absolute atomic E-state index is 0.0303. The van der Waals surface area contributed by atoms with Crippen molar-refractivity contribution >= 4 is 11.9 Å². The zero-order valence-electron chi connectivity index (χ0n) is 36.6. The number of carbonyl (C=O) groups excluding carboxylic acids is 2. The van der Waals surface area contributed by atoms with E-state index in [4.69, 9.17) is 4.74 Å². The van der Waals surface area contributed by atoms with E-state index in [1.807, 2.05) is 12.2 Å². The van der Waals surface area contributed by atoms with Gasteiger partial charge in [-0.15, -0.1) is 0 Å². The lowest BCUT2D eigenvalue weighted by Crippen LogP contribution is -2.46. The van der Waals surface area contributed by atoms with Crippen molar-refractivity contribution in [2.75, 3.05) is 6.61 Å². The lowest BCUT2D eigenvalue weighted by Gasteiger charge is -2.23. The Balaban J connectivity index is 4.59. The number of aliphatic hydroxyl groups is 2. The average molecular weight is 774 g/mol. The van der Waals surface area contributed by atoms with Crippen LogP contribution >= 0.6 is 0 Å². The highest BCUT2D eigenvalue weighted by atomic mass is 16.5. The van der Waals surface area contributed by atoms with Gasteiger partial charge in [0.2, 0.25) is 5.91 Å². The smallest absolute Gasteiger partial charge is 0.306 e.